The van der Waals surface area contributed by atoms with Gasteiger partial charge in [-0.25, -0.2) is 0 Å². The van der Waals surface area contributed by atoms with Gasteiger partial charge in [0, 0.05) is 5.56 Å². The van der Waals surface area contributed by atoms with E-state index in [-0.39, 0.29) is 23.0 Å². The van der Waals surface area contributed by atoms with Crippen molar-refractivity contribution in [3.63, 3.8) is 0 Å². The lowest BCUT2D eigenvalue weighted by Gasteiger charge is -2.09. The number of carbonyl (C=O) groups excluding carboxylic acids is 1. The van der Waals surface area contributed by atoms with Crippen LogP contribution in [0.1, 0.15) is 73.5 Å². The molecule has 0 bridgehead atoms. The molecule has 4 nitrogen and oxygen atoms in total. The Bertz CT molecular complexity index is 718. The monoisotopic (exact) mass is 344 g/mol. The van der Waals surface area contributed by atoms with Gasteiger partial charge in [-0.05, 0) is 47.6 Å². The molecule has 2 rings (SSSR count). The van der Waals surface area contributed by atoms with Gasteiger partial charge in [0.05, 0.1) is 5.56 Å². The first kappa shape index (κ1) is 20.6. The number of benzene rings is 2. The molecule has 0 heterocycles. The van der Waals surface area contributed by atoms with Crippen molar-refractivity contribution in [3.05, 3.63) is 52.6 Å². The van der Waals surface area contributed by atoms with Crippen LogP contribution in [0.25, 0.3) is 0 Å². The van der Waals surface area contributed by atoms with Gasteiger partial charge >= 0.3 is 0 Å². The van der Waals surface area contributed by atoms with Crippen LogP contribution < -0.4 is 0 Å². The molecule has 0 spiro atoms. The van der Waals surface area contributed by atoms with Crippen molar-refractivity contribution in [3.8, 4) is 17.2 Å². The summed E-state index contributed by atoms with van der Waals surface area (Å²) in [6.45, 7) is 10.1. The molecule has 136 valence electrons. The zero-order valence-electron chi connectivity index (χ0n) is 15.6. The van der Waals surface area contributed by atoms with Gasteiger partial charge in [-0.2, -0.15) is 0 Å². The molecule has 0 aliphatic heterocycles. The molecule has 3 N–H and O–H groups in total. The molecule has 0 atom stereocenters. The van der Waals surface area contributed by atoms with Gasteiger partial charge in [0.1, 0.15) is 17.2 Å². The van der Waals surface area contributed by atoms with Crippen molar-refractivity contribution in [1.82, 2.24) is 0 Å². The molecule has 4 heteroatoms. The van der Waals surface area contributed by atoms with E-state index in [9.17, 15) is 20.1 Å². The largest absolute Gasteiger partial charge is 0.508 e. The molecule has 0 amide bonds. The molecule has 0 aliphatic carbocycles. The summed E-state index contributed by atoms with van der Waals surface area (Å²) in [5.41, 5.74) is 2.98. The van der Waals surface area contributed by atoms with Crippen LogP contribution in [-0.4, -0.2) is 21.6 Å². The third-order valence-electron chi connectivity index (χ3n) is 4.05. The molecule has 0 unspecified atom stereocenters. The highest BCUT2D eigenvalue weighted by molar-refractivity contribution is 5.80. The highest BCUT2D eigenvalue weighted by atomic mass is 16.3. The number of hydrogen-bond donors (Lipinski definition) is 3. The zero-order valence-corrected chi connectivity index (χ0v) is 15.6. The Kier molecular flexibility index (Phi) is 7.49. The van der Waals surface area contributed by atoms with Crippen molar-refractivity contribution in [2.45, 2.75) is 52.9 Å². The van der Waals surface area contributed by atoms with Crippen LogP contribution in [0.15, 0.2) is 30.3 Å². The van der Waals surface area contributed by atoms with Gasteiger partial charge in [0.2, 0.25) is 0 Å². The molecule has 0 saturated carbocycles. The first-order chi connectivity index (χ1) is 11.7. The topological polar surface area (TPSA) is 77.8 Å². The summed E-state index contributed by atoms with van der Waals surface area (Å²) in [5, 5.41) is 28.4. The number of carbonyl (C=O) groups is 1. The number of phenols is 3. The lowest BCUT2D eigenvalue weighted by molar-refractivity contribution is 0.112. The SMILES string of the molecule is CC(C)c1cc(O)c(C=O)cc1O.CCc1ccc(C(C)C)c(O)c1. The zero-order chi connectivity index (χ0) is 19.1. The van der Waals surface area contributed by atoms with Crippen LogP contribution in [-0.2, 0) is 6.42 Å². The Balaban J connectivity index is 0.000000251. The Hall–Kier alpha value is -2.49. The lowest BCUT2D eigenvalue weighted by atomic mass is 10.00. The minimum atomic E-state index is -0.0866. The van der Waals surface area contributed by atoms with Crippen molar-refractivity contribution >= 4 is 6.29 Å². The van der Waals surface area contributed by atoms with Crippen LogP contribution in [0, 0.1) is 0 Å². The summed E-state index contributed by atoms with van der Waals surface area (Å²) in [4.78, 5) is 10.4. The summed E-state index contributed by atoms with van der Waals surface area (Å²) in [5.74, 6) is 0.915. The molecule has 0 saturated heterocycles. The Morgan fingerprint density at radius 1 is 0.840 bits per heavy atom. The first-order valence-electron chi connectivity index (χ1n) is 8.54. The fourth-order valence-corrected chi connectivity index (χ4v) is 2.46. The van der Waals surface area contributed by atoms with E-state index in [1.54, 1.807) is 0 Å². The lowest BCUT2D eigenvalue weighted by Crippen LogP contribution is -1.90. The quantitative estimate of drug-likeness (QED) is 0.532. The Morgan fingerprint density at radius 3 is 1.84 bits per heavy atom. The average molecular weight is 344 g/mol. The molecular formula is C21H28O4. The van der Waals surface area contributed by atoms with E-state index in [2.05, 4.69) is 26.8 Å². The predicted molar refractivity (Wildman–Crippen MR) is 101 cm³/mol. The van der Waals surface area contributed by atoms with Crippen LogP contribution in [0.5, 0.6) is 17.2 Å². The highest BCUT2D eigenvalue weighted by Crippen LogP contribution is 2.31. The molecule has 0 fully saturated rings. The van der Waals surface area contributed by atoms with Gasteiger partial charge in [0.15, 0.2) is 6.29 Å². The summed E-state index contributed by atoms with van der Waals surface area (Å²) in [6, 6.07) is 8.64. The van der Waals surface area contributed by atoms with Crippen molar-refractivity contribution in [1.29, 1.82) is 0 Å². The van der Waals surface area contributed by atoms with Crippen LogP contribution in [0.3, 0.4) is 0 Å². The number of aryl methyl sites for hydroxylation is 1. The van der Waals surface area contributed by atoms with Crippen LogP contribution >= 0.6 is 0 Å². The third-order valence-corrected chi connectivity index (χ3v) is 4.05. The maximum absolute atomic E-state index is 10.4. The molecular weight excluding hydrogens is 316 g/mol. The second-order valence-electron chi connectivity index (χ2n) is 6.64. The van der Waals surface area contributed by atoms with Gasteiger partial charge in [-0.1, -0.05) is 46.8 Å². The number of hydrogen-bond acceptors (Lipinski definition) is 4. The van der Waals surface area contributed by atoms with Crippen molar-refractivity contribution < 1.29 is 20.1 Å². The summed E-state index contributed by atoms with van der Waals surface area (Å²) >= 11 is 0. The van der Waals surface area contributed by atoms with Gasteiger partial charge < -0.3 is 15.3 Å². The van der Waals surface area contributed by atoms with E-state index in [0.29, 0.717) is 23.5 Å². The second kappa shape index (κ2) is 9.11. The second-order valence-corrected chi connectivity index (χ2v) is 6.64. The first-order valence-corrected chi connectivity index (χ1v) is 8.54. The number of rotatable bonds is 4. The van der Waals surface area contributed by atoms with E-state index in [0.717, 1.165) is 12.0 Å². The minimum absolute atomic E-state index is 0.0508. The molecule has 2 aromatic rings. The van der Waals surface area contributed by atoms with Gasteiger partial charge in [-0.15, -0.1) is 0 Å². The molecule has 0 aromatic heterocycles. The maximum Gasteiger partial charge on any atom is 0.153 e. The fraction of sp³-hybridized carbons (Fsp3) is 0.381. The maximum atomic E-state index is 10.4. The molecule has 0 radical (unpaired) electrons. The number of aromatic hydroxyl groups is 3. The smallest absolute Gasteiger partial charge is 0.153 e. The van der Waals surface area contributed by atoms with Crippen LogP contribution in [0.4, 0.5) is 0 Å². The van der Waals surface area contributed by atoms with Crippen LogP contribution in [0.2, 0.25) is 0 Å². The fourth-order valence-electron chi connectivity index (χ4n) is 2.46. The average Bonchev–Trinajstić information content (AvgIpc) is 2.56. The van der Waals surface area contributed by atoms with E-state index < -0.39 is 0 Å². The van der Waals surface area contributed by atoms with Crippen molar-refractivity contribution in [2.24, 2.45) is 0 Å². The molecule has 25 heavy (non-hydrogen) atoms. The minimum Gasteiger partial charge on any atom is -0.508 e. The van der Waals surface area contributed by atoms with Crippen molar-refractivity contribution in [2.75, 3.05) is 0 Å². The Labute approximate surface area is 149 Å². The summed E-state index contributed by atoms with van der Waals surface area (Å²) < 4.78 is 0. The number of aldehydes is 1. The normalized spacial score (nSPS) is 10.5. The van der Waals surface area contributed by atoms with E-state index in [1.165, 1.54) is 17.7 Å². The molecule has 0 aliphatic rings. The number of phenolic OH excluding ortho intramolecular Hbond substituents is 3. The predicted octanol–water partition coefficient (Wildman–Crippen LogP) is 5.11. The highest BCUT2D eigenvalue weighted by Gasteiger charge is 2.10. The van der Waals surface area contributed by atoms with E-state index >= 15 is 0 Å². The van der Waals surface area contributed by atoms with Gasteiger partial charge in [-0.3, -0.25) is 4.79 Å². The van der Waals surface area contributed by atoms with Gasteiger partial charge in [0.25, 0.3) is 0 Å². The summed E-state index contributed by atoms with van der Waals surface area (Å²) in [7, 11) is 0. The Morgan fingerprint density at radius 2 is 1.40 bits per heavy atom. The standard InChI is InChI=1S/C11H16O.C10H12O3/c1-4-9-5-6-10(8(2)3)11(12)7-9;1-6(2)8-4-9(12)7(5-11)3-10(8)13/h5-8,12H,4H2,1-3H3;3-6,12-13H,1-2H3. The van der Waals surface area contributed by atoms with E-state index in [4.69, 9.17) is 0 Å². The summed E-state index contributed by atoms with van der Waals surface area (Å²) in [6.07, 6.45) is 1.49. The third kappa shape index (κ3) is 5.52. The van der Waals surface area contributed by atoms with E-state index in [1.807, 2.05) is 26.0 Å². The molecule has 2 aromatic carbocycles.